The number of fused-ring (bicyclic) bond motifs is 3. The van der Waals surface area contributed by atoms with Gasteiger partial charge in [0.15, 0.2) is 0 Å². The molecule has 0 aliphatic heterocycles. The van der Waals surface area contributed by atoms with Gasteiger partial charge in [0.2, 0.25) is 0 Å². The molecule has 2 heteroatoms. The molecule has 0 bridgehead atoms. The molecule has 2 nitrogen and oxygen atoms in total. The highest BCUT2D eigenvalue weighted by Gasteiger charge is 2.58. The van der Waals surface area contributed by atoms with E-state index in [2.05, 4.69) is 32.6 Å². The zero-order valence-corrected chi connectivity index (χ0v) is 14.3. The third kappa shape index (κ3) is 2.10. The number of carboxylic acids is 1. The van der Waals surface area contributed by atoms with Crippen molar-refractivity contribution in [1.82, 2.24) is 0 Å². The van der Waals surface area contributed by atoms with Crippen LogP contribution in [0.1, 0.15) is 65.7 Å². The van der Waals surface area contributed by atoms with Crippen LogP contribution in [0.25, 0.3) is 0 Å². The van der Waals surface area contributed by atoms with Crippen LogP contribution in [0.15, 0.2) is 24.3 Å². The van der Waals surface area contributed by atoms with Crippen LogP contribution in [0.2, 0.25) is 0 Å². The van der Waals surface area contributed by atoms with Crippen molar-refractivity contribution in [3.63, 3.8) is 0 Å². The fourth-order valence-electron chi connectivity index (χ4n) is 5.86. The van der Waals surface area contributed by atoms with Gasteiger partial charge in [-0.15, -0.1) is 6.58 Å². The van der Waals surface area contributed by atoms with Crippen molar-refractivity contribution in [3.8, 4) is 0 Å². The molecule has 0 amide bonds. The first kappa shape index (κ1) is 15.8. The molecular formula is C20H30O2. The molecule has 122 valence electrons. The highest BCUT2D eigenvalue weighted by Crippen LogP contribution is 2.63. The molecule has 3 rings (SSSR count). The largest absolute Gasteiger partial charge is 0.481 e. The van der Waals surface area contributed by atoms with Gasteiger partial charge in [-0.25, -0.2) is 0 Å². The Morgan fingerprint density at radius 1 is 1.32 bits per heavy atom. The van der Waals surface area contributed by atoms with E-state index in [0.717, 1.165) is 25.7 Å². The molecule has 3 aliphatic carbocycles. The van der Waals surface area contributed by atoms with E-state index in [-0.39, 0.29) is 16.7 Å². The van der Waals surface area contributed by atoms with Gasteiger partial charge in [0, 0.05) is 0 Å². The Balaban J connectivity index is 1.98. The minimum Gasteiger partial charge on any atom is -0.481 e. The number of hydrogen-bond acceptors (Lipinski definition) is 1. The molecule has 1 N–H and O–H groups in total. The maximum Gasteiger partial charge on any atom is 0.309 e. The van der Waals surface area contributed by atoms with Crippen molar-refractivity contribution < 1.29 is 9.90 Å². The lowest BCUT2D eigenvalue weighted by Crippen LogP contribution is -2.53. The molecule has 0 heterocycles. The first-order chi connectivity index (χ1) is 10.3. The van der Waals surface area contributed by atoms with Crippen LogP contribution in [0.5, 0.6) is 0 Å². The zero-order valence-electron chi connectivity index (χ0n) is 14.3. The van der Waals surface area contributed by atoms with Gasteiger partial charge in [-0.3, -0.25) is 4.79 Å². The van der Waals surface area contributed by atoms with E-state index in [0.29, 0.717) is 5.92 Å². The van der Waals surface area contributed by atoms with E-state index < -0.39 is 11.4 Å². The molecule has 0 radical (unpaired) electrons. The second-order valence-corrected chi connectivity index (χ2v) is 8.78. The lowest BCUT2D eigenvalue weighted by Gasteiger charge is -2.58. The number of aliphatic carboxylic acids is 1. The summed E-state index contributed by atoms with van der Waals surface area (Å²) in [6.07, 6.45) is 12.0. The number of carboxylic acid groups (broad SMARTS) is 1. The van der Waals surface area contributed by atoms with Gasteiger partial charge in [0.25, 0.3) is 0 Å². The minimum absolute atomic E-state index is 0.165. The molecule has 22 heavy (non-hydrogen) atoms. The molecule has 0 aromatic heterocycles. The van der Waals surface area contributed by atoms with Crippen molar-refractivity contribution >= 4 is 5.97 Å². The van der Waals surface area contributed by atoms with E-state index in [1.807, 2.05) is 6.92 Å². The first-order valence-corrected chi connectivity index (χ1v) is 8.81. The quantitative estimate of drug-likeness (QED) is 0.711. The smallest absolute Gasteiger partial charge is 0.309 e. The van der Waals surface area contributed by atoms with Crippen molar-refractivity contribution in [2.45, 2.75) is 65.7 Å². The lowest BCUT2D eigenvalue weighted by atomic mass is 9.45. The van der Waals surface area contributed by atoms with Crippen LogP contribution in [-0.2, 0) is 4.79 Å². The van der Waals surface area contributed by atoms with Crippen molar-refractivity contribution in [1.29, 1.82) is 0 Å². The van der Waals surface area contributed by atoms with E-state index in [9.17, 15) is 9.90 Å². The second kappa shape index (κ2) is 4.97. The number of allylic oxidation sites excluding steroid dienone is 3. The molecule has 0 saturated heterocycles. The van der Waals surface area contributed by atoms with Crippen LogP contribution in [0, 0.1) is 28.1 Å². The summed E-state index contributed by atoms with van der Waals surface area (Å²) in [6, 6.07) is 0. The molecule has 5 atom stereocenters. The SMILES string of the molecule is C=C[C@@]1(C)CC[C@H]2C(=CC[C@H]3[C@]2(C)CCC[C@@]3(C)C(=O)O)C1. The number of rotatable bonds is 2. The van der Waals surface area contributed by atoms with Gasteiger partial charge in [-0.1, -0.05) is 38.0 Å². The predicted octanol–water partition coefficient (Wildman–Crippen LogP) is 5.21. The summed E-state index contributed by atoms with van der Waals surface area (Å²) in [7, 11) is 0. The molecule has 0 aromatic carbocycles. The fraction of sp³-hybridized carbons (Fsp3) is 0.750. The van der Waals surface area contributed by atoms with Gasteiger partial charge < -0.3 is 5.11 Å². The lowest BCUT2D eigenvalue weighted by molar-refractivity contribution is -0.163. The monoisotopic (exact) mass is 302 g/mol. The Bertz CT molecular complexity index is 534. The minimum atomic E-state index is -0.591. The predicted molar refractivity (Wildman–Crippen MR) is 89.5 cm³/mol. The molecule has 2 saturated carbocycles. The highest BCUT2D eigenvalue weighted by atomic mass is 16.4. The molecule has 0 aromatic rings. The van der Waals surface area contributed by atoms with Gasteiger partial charge in [-0.2, -0.15) is 0 Å². The van der Waals surface area contributed by atoms with Gasteiger partial charge in [-0.05, 0) is 68.1 Å². The van der Waals surface area contributed by atoms with Gasteiger partial charge >= 0.3 is 5.97 Å². The summed E-state index contributed by atoms with van der Waals surface area (Å²) in [4.78, 5) is 11.9. The summed E-state index contributed by atoms with van der Waals surface area (Å²) in [5.41, 5.74) is 1.43. The summed E-state index contributed by atoms with van der Waals surface area (Å²) >= 11 is 0. The highest BCUT2D eigenvalue weighted by molar-refractivity contribution is 5.75. The third-order valence-corrected chi connectivity index (χ3v) is 7.43. The maximum atomic E-state index is 11.9. The van der Waals surface area contributed by atoms with Crippen LogP contribution in [0.4, 0.5) is 0 Å². The average molecular weight is 302 g/mol. The van der Waals surface area contributed by atoms with Crippen molar-refractivity contribution in [2.24, 2.45) is 28.1 Å². The Labute approximate surface area is 134 Å². The third-order valence-electron chi connectivity index (χ3n) is 7.43. The second-order valence-electron chi connectivity index (χ2n) is 8.78. The average Bonchev–Trinajstić information content (AvgIpc) is 2.46. The zero-order chi connectivity index (χ0) is 16.2. The summed E-state index contributed by atoms with van der Waals surface area (Å²) in [5, 5.41) is 9.83. The maximum absolute atomic E-state index is 11.9. The fourth-order valence-corrected chi connectivity index (χ4v) is 5.86. The van der Waals surface area contributed by atoms with E-state index in [4.69, 9.17) is 0 Å². The van der Waals surface area contributed by atoms with Crippen LogP contribution in [-0.4, -0.2) is 11.1 Å². The van der Waals surface area contributed by atoms with Crippen LogP contribution >= 0.6 is 0 Å². The summed E-state index contributed by atoms with van der Waals surface area (Å²) < 4.78 is 0. The normalized spacial score (nSPS) is 47.9. The Kier molecular flexibility index (Phi) is 3.58. The first-order valence-electron chi connectivity index (χ1n) is 8.81. The molecule has 3 aliphatic rings. The summed E-state index contributed by atoms with van der Waals surface area (Å²) in [6.45, 7) is 10.7. The molecular weight excluding hydrogens is 272 g/mol. The standard InChI is InChI=1S/C20H30O2/c1-5-18(2)12-9-15-14(13-18)7-8-16-19(15,3)10-6-11-20(16,4)17(21)22/h5,7,15-16H,1,6,8-13H2,2-4H3,(H,21,22)/t15-,16-,18-,19+,20+/m0/s1. The Morgan fingerprint density at radius 3 is 2.68 bits per heavy atom. The molecule has 0 spiro atoms. The van der Waals surface area contributed by atoms with Gasteiger partial charge in [0.1, 0.15) is 0 Å². The van der Waals surface area contributed by atoms with Crippen LogP contribution in [0.3, 0.4) is 0 Å². The Hall–Kier alpha value is -1.05. The Morgan fingerprint density at radius 2 is 2.05 bits per heavy atom. The molecule has 2 fully saturated rings. The van der Waals surface area contributed by atoms with Crippen molar-refractivity contribution in [2.75, 3.05) is 0 Å². The number of hydrogen-bond donors (Lipinski definition) is 1. The van der Waals surface area contributed by atoms with E-state index in [1.54, 1.807) is 5.57 Å². The number of carbonyl (C=O) groups is 1. The van der Waals surface area contributed by atoms with E-state index in [1.165, 1.54) is 19.3 Å². The topological polar surface area (TPSA) is 37.3 Å². The van der Waals surface area contributed by atoms with Crippen LogP contribution < -0.4 is 0 Å². The summed E-state index contributed by atoms with van der Waals surface area (Å²) in [5.74, 6) is 0.276. The van der Waals surface area contributed by atoms with E-state index >= 15 is 0 Å². The van der Waals surface area contributed by atoms with Crippen molar-refractivity contribution in [3.05, 3.63) is 24.3 Å². The van der Waals surface area contributed by atoms with Gasteiger partial charge in [0.05, 0.1) is 5.41 Å². The molecule has 0 unspecified atom stereocenters.